The van der Waals surface area contributed by atoms with E-state index in [0.717, 1.165) is 0 Å². The van der Waals surface area contributed by atoms with E-state index in [1.807, 2.05) is 0 Å². The topological polar surface area (TPSA) is 118 Å². The largest absolute Gasteiger partial charge is 0.456 e. The van der Waals surface area contributed by atoms with E-state index in [1.54, 1.807) is 37.3 Å². The zero-order valence-electron chi connectivity index (χ0n) is 14.9. The van der Waals surface area contributed by atoms with Crippen LogP contribution in [0.3, 0.4) is 0 Å². The molecular formula is C19H18ClN3O4S. The summed E-state index contributed by atoms with van der Waals surface area (Å²) in [6.45, 7) is 1.55. The molecule has 0 saturated heterocycles. The highest BCUT2D eigenvalue weighted by Crippen LogP contribution is 2.39. The SMILES string of the molecule is CCS(=O)(=O)c1ccc(Oc2cc(N)c(N)c(Oc3ccccc3Cl)c2)cn1. The standard InChI is InChI=1S/C19H18ClN3O4S/c1-2-28(24,25)18-8-7-12(11-23-18)26-13-9-15(21)19(22)17(10-13)27-16-6-4-3-5-14(16)20/h3-11H,2,21-22H2,1H3. The number of anilines is 2. The fourth-order valence-electron chi connectivity index (χ4n) is 2.31. The van der Waals surface area contributed by atoms with Crippen molar-refractivity contribution in [3.8, 4) is 23.0 Å². The lowest BCUT2D eigenvalue weighted by molar-refractivity contribution is 0.460. The van der Waals surface area contributed by atoms with Crippen LogP contribution in [-0.4, -0.2) is 19.2 Å². The van der Waals surface area contributed by atoms with E-state index in [9.17, 15) is 8.42 Å². The van der Waals surface area contributed by atoms with E-state index in [2.05, 4.69) is 4.98 Å². The second-order valence-electron chi connectivity index (χ2n) is 5.79. The lowest BCUT2D eigenvalue weighted by Gasteiger charge is -2.14. The molecule has 0 unspecified atom stereocenters. The molecule has 146 valence electrons. The van der Waals surface area contributed by atoms with E-state index in [-0.39, 0.29) is 27.9 Å². The van der Waals surface area contributed by atoms with Gasteiger partial charge in [0, 0.05) is 12.1 Å². The molecule has 3 aromatic rings. The Kier molecular flexibility index (Phi) is 5.62. The first-order valence-corrected chi connectivity index (χ1v) is 10.3. The minimum absolute atomic E-state index is 0.0121. The quantitative estimate of drug-likeness (QED) is 0.572. The van der Waals surface area contributed by atoms with E-state index in [0.29, 0.717) is 22.3 Å². The number of halogens is 1. The summed E-state index contributed by atoms with van der Waals surface area (Å²) < 4.78 is 35.2. The summed E-state index contributed by atoms with van der Waals surface area (Å²) >= 11 is 6.11. The fourth-order valence-corrected chi connectivity index (χ4v) is 3.27. The molecule has 0 saturated carbocycles. The van der Waals surface area contributed by atoms with Crippen molar-refractivity contribution in [2.75, 3.05) is 17.2 Å². The third kappa shape index (κ3) is 4.29. The van der Waals surface area contributed by atoms with Gasteiger partial charge in [0.05, 0.1) is 28.3 Å². The number of pyridine rings is 1. The van der Waals surface area contributed by atoms with Gasteiger partial charge in [-0.3, -0.25) is 0 Å². The number of benzene rings is 2. The Balaban J connectivity index is 1.87. The normalized spacial score (nSPS) is 11.2. The van der Waals surface area contributed by atoms with E-state index < -0.39 is 9.84 Å². The number of hydrogen-bond acceptors (Lipinski definition) is 7. The van der Waals surface area contributed by atoms with Crippen molar-refractivity contribution in [3.05, 3.63) is 59.8 Å². The first-order valence-electron chi connectivity index (χ1n) is 8.28. The van der Waals surface area contributed by atoms with E-state index in [1.165, 1.54) is 24.4 Å². The molecule has 0 aliphatic heterocycles. The number of ether oxygens (including phenoxy) is 2. The third-order valence-electron chi connectivity index (χ3n) is 3.85. The maximum Gasteiger partial charge on any atom is 0.195 e. The number of nitrogens with two attached hydrogens (primary N) is 2. The number of rotatable bonds is 6. The van der Waals surface area contributed by atoms with Gasteiger partial charge in [0.15, 0.2) is 20.6 Å². The molecule has 28 heavy (non-hydrogen) atoms. The van der Waals surface area contributed by atoms with Crippen LogP contribution in [0, 0.1) is 0 Å². The van der Waals surface area contributed by atoms with Gasteiger partial charge in [-0.25, -0.2) is 13.4 Å². The minimum atomic E-state index is -3.38. The summed E-state index contributed by atoms with van der Waals surface area (Å²) in [6.07, 6.45) is 1.32. The minimum Gasteiger partial charge on any atom is -0.456 e. The van der Waals surface area contributed by atoms with Crippen LogP contribution in [0.1, 0.15) is 6.92 Å². The number of para-hydroxylation sites is 1. The molecule has 1 aromatic heterocycles. The maximum atomic E-state index is 11.8. The summed E-state index contributed by atoms with van der Waals surface area (Å²) in [4.78, 5) is 3.94. The van der Waals surface area contributed by atoms with Gasteiger partial charge in [-0.05, 0) is 24.3 Å². The molecule has 0 fully saturated rings. The second-order valence-corrected chi connectivity index (χ2v) is 8.43. The molecule has 0 aliphatic carbocycles. The van der Waals surface area contributed by atoms with Crippen molar-refractivity contribution in [2.24, 2.45) is 0 Å². The number of nitrogens with zero attached hydrogens (tertiary/aromatic N) is 1. The summed E-state index contributed by atoms with van der Waals surface area (Å²) in [5, 5.41) is 0.408. The highest BCUT2D eigenvalue weighted by atomic mass is 35.5. The smallest absolute Gasteiger partial charge is 0.195 e. The van der Waals surface area contributed by atoms with Crippen LogP contribution in [0.5, 0.6) is 23.0 Å². The fraction of sp³-hybridized carbons (Fsp3) is 0.105. The Morgan fingerprint density at radius 1 is 1.00 bits per heavy atom. The van der Waals surface area contributed by atoms with Crippen molar-refractivity contribution in [1.29, 1.82) is 0 Å². The zero-order chi connectivity index (χ0) is 20.3. The summed E-state index contributed by atoms with van der Waals surface area (Å²) in [5.41, 5.74) is 12.5. The van der Waals surface area contributed by atoms with E-state index >= 15 is 0 Å². The van der Waals surface area contributed by atoms with Crippen molar-refractivity contribution in [3.63, 3.8) is 0 Å². The Morgan fingerprint density at radius 3 is 2.39 bits per heavy atom. The molecule has 0 bridgehead atoms. The van der Waals surface area contributed by atoms with Crippen molar-refractivity contribution >= 4 is 32.8 Å². The Morgan fingerprint density at radius 2 is 1.75 bits per heavy atom. The Labute approximate surface area is 167 Å². The zero-order valence-corrected chi connectivity index (χ0v) is 16.5. The summed E-state index contributed by atoms with van der Waals surface area (Å²) in [7, 11) is -3.38. The van der Waals surface area contributed by atoms with Crippen LogP contribution in [0.2, 0.25) is 5.02 Å². The van der Waals surface area contributed by atoms with Crippen LogP contribution in [0.15, 0.2) is 59.8 Å². The maximum absolute atomic E-state index is 11.8. The molecule has 3 rings (SSSR count). The number of nitrogen functional groups attached to an aromatic ring is 2. The van der Waals surface area contributed by atoms with Gasteiger partial charge in [-0.1, -0.05) is 30.7 Å². The predicted octanol–water partition coefficient (Wildman–Crippen LogP) is 4.28. The average Bonchev–Trinajstić information content (AvgIpc) is 2.68. The predicted molar refractivity (Wildman–Crippen MR) is 109 cm³/mol. The average molecular weight is 420 g/mol. The first-order chi connectivity index (χ1) is 13.3. The number of sulfone groups is 1. The van der Waals surface area contributed by atoms with Crippen molar-refractivity contribution in [1.82, 2.24) is 4.98 Å². The van der Waals surface area contributed by atoms with Gasteiger partial charge in [0.1, 0.15) is 17.2 Å². The molecule has 4 N–H and O–H groups in total. The van der Waals surface area contributed by atoms with Gasteiger partial charge in [-0.2, -0.15) is 0 Å². The monoisotopic (exact) mass is 419 g/mol. The molecule has 2 aromatic carbocycles. The van der Waals surface area contributed by atoms with Crippen molar-refractivity contribution < 1.29 is 17.9 Å². The third-order valence-corrected chi connectivity index (χ3v) is 5.80. The van der Waals surface area contributed by atoms with Crippen LogP contribution >= 0.6 is 11.6 Å². The molecule has 0 radical (unpaired) electrons. The molecule has 7 nitrogen and oxygen atoms in total. The first kappa shape index (κ1) is 19.8. The Bertz CT molecular complexity index is 1100. The number of aromatic nitrogens is 1. The van der Waals surface area contributed by atoms with Crippen LogP contribution in [-0.2, 0) is 9.84 Å². The van der Waals surface area contributed by atoms with Gasteiger partial charge in [-0.15, -0.1) is 0 Å². The highest BCUT2D eigenvalue weighted by molar-refractivity contribution is 7.91. The lowest BCUT2D eigenvalue weighted by atomic mass is 10.2. The van der Waals surface area contributed by atoms with Crippen molar-refractivity contribution in [2.45, 2.75) is 11.9 Å². The second kappa shape index (κ2) is 7.95. The van der Waals surface area contributed by atoms with E-state index in [4.69, 9.17) is 32.5 Å². The Hall–Kier alpha value is -2.97. The molecule has 0 spiro atoms. The molecule has 1 heterocycles. The lowest BCUT2D eigenvalue weighted by Crippen LogP contribution is -2.05. The highest BCUT2D eigenvalue weighted by Gasteiger charge is 2.14. The van der Waals surface area contributed by atoms with Crippen LogP contribution < -0.4 is 20.9 Å². The van der Waals surface area contributed by atoms with Crippen LogP contribution in [0.4, 0.5) is 11.4 Å². The van der Waals surface area contributed by atoms with Gasteiger partial charge < -0.3 is 20.9 Å². The molecule has 0 amide bonds. The van der Waals surface area contributed by atoms with Gasteiger partial charge >= 0.3 is 0 Å². The molecule has 0 atom stereocenters. The molecular weight excluding hydrogens is 402 g/mol. The van der Waals surface area contributed by atoms with Gasteiger partial charge in [0.2, 0.25) is 0 Å². The molecule has 9 heteroatoms. The summed E-state index contributed by atoms with van der Waals surface area (Å²) in [5.74, 6) is 1.35. The number of hydrogen-bond donors (Lipinski definition) is 2. The molecule has 0 aliphatic rings. The van der Waals surface area contributed by atoms with Gasteiger partial charge in [0.25, 0.3) is 0 Å². The van der Waals surface area contributed by atoms with Crippen LogP contribution in [0.25, 0.3) is 0 Å². The summed E-state index contributed by atoms with van der Waals surface area (Å²) in [6, 6.07) is 12.9.